The fourth-order valence-corrected chi connectivity index (χ4v) is 2.84. The Hall–Kier alpha value is -2.12. The Bertz CT molecular complexity index is 721. The average Bonchev–Trinajstić information content (AvgIpc) is 3.04. The van der Waals surface area contributed by atoms with Gasteiger partial charge in [-0.15, -0.1) is 0 Å². The van der Waals surface area contributed by atoms with Crippen LogP contribution >= 0.6 is 15.9 Å². The lowest BCUT2D eigenvalue weighted by Crippen LogP contribution is -2.46. The monoisotopic (exact) mass is 391 g/mol. The van der Waals surface area contributed by atoms with Crippen LogP contribution in [0.4, 0.5) is 5.69 Å². The maximum absolute atomic E-state index is 12.2. The maximum Gasteiger partial charge on any atom is 0.291 e. The smallest absolute Gasteiger partial charge is 0.291 e. The highest BCUT2D eigenvalue weighted by atomic mass is 79.9. The quantitative estimate of drug-likeness (QED) is 0.837. The molecule has 2 heterocycles. The molecule has 24 heavy (non-hydrogen) atoms. The SMILES string of the molecule is O=C(Nc1ccc(CC(=O)N2CCNCC2)cc1)c1ccc(Br)o1. The predicted molar refractivity (Wildman–Crippen MR) is 94.0 cm³/mol. The summed E-state index contributed by atoms with van der Waals surface area (Å²) < 4.78 is 5.72. The number of nitrogens with one attached hydrogen (secondary N) is 2. The van der Waals surface area contributed by atoms with Crippen molar-refractivity contribution >= 4 is 33.4 Å². The van der Waals surface area contributed by atoms with Gasteiger partial charge in [0, 0.05) is 31.9 Å². The summed E-state index contributed by atoms with van der Waals surface area (Å²) in [4.78, 5) is 26.1. The third-order valence-corrected chi connectivity index (χ3v) is 4.26. The largest absolute Gasteiger partial charge is 0.444 e. The summed E-state index contributed by atoms with van der Waals surface area (Å²) >= 11 is 3.16. The van der Waals surface area contributed by atoms with E-state index < -0.39 is 0 Å². The van der Waals surface area contributed by atoms with Gasteiger partial charge in [0.15, 0.2) is 10.4 Å². The summed E-state index contributed by atoms with van der Waals surface area (Å²) in [5.74, 6) is 0.0545. The molecule has 1 aromatic carbocycles. The van der Waals surface area contributed by atoms with Gasteiger partial charge in [-0.2, -0.15) is 0 Å². The van der Waals surface area contributed by atoms with Crippen molar-refractivity contribution in [2.24, 2.45) is 0 Å². The Balaban J connectivity index is 1.56. The van der Waals surface area contributed by atoms with Crippen LogP contribution in [0, 0.1) is 0 Å². The molecule has 2 amide bonds. The number of anilines is 1. The van der Waals surface area contributed by atoms with Gasteiger partial charge in [-0.3, -0.25) is 9.59 Å². The number of piperazine rings is 1. The first kappa shape index (κ1) is 16.7. The number of carbonyl (C=O) groups excluding carboxylic acids is 2. The maximum atomic E-state index is 12.2. The number of nitrogens with zero attached hydrogens (tertiary/aromatic N) is 1. The highest BCUT2D eigenvalue weighted by Gasteiger charge is 2.16. The molecule has 0 unspecified atom stereocenters. The molecule has 7 heteroatoms. The number of rotatable bonds is 4. The first-order chi connectivity index (χ1) is 11.6. The molecule has 1 saturated heterocycles. The lowest BCUT2D eigenvalue weighted by atomic mass is 10.1. The second-order valence-corrected chi connectivity index (χ2v) is 6.34. The summed E-state index contributed by atoms with van der Waals surface area (Å²) in [6.45, 7) is 3.20. The zero-order valence-electron chi connectivity index (χ0n) is 13.0. The van der Waals surface area contributed by atoms with Crippen LogP contribution in [0.2, 0.25) is 0 Å². The third kappa shape index (κ3) is 4.24. The van der Waals surface area contributed by atoms with Crippen molar-refractivity contribution in [2.45, 2.75) is 6.42 Å². The van der Waals surface area contributed by atoms with E-state index in [4.69, 9.17) is 4.42 Å². The van der Waals surface area contributed by atoms with Crippen molar-refractivity contribution in [3.05, 3.63) is 52.4 Å². The number of benzene rings is 1. The Kier molecular flexibility index (Phi) is 5.32. The van der Waals surface area contributed by atoms with E-state index in [0.717, 1.165) is 31.7 Å². The van der Waals surface area contributed by atoms with E-state index >= 15 is 0 Å². The van der Waals surface area contributed by atoms with Gasteiger partial charge in [0.2, 0.25) is 5.91 Å². The highest BCUT2D eigenvalue weighted by molar-refractivity contribution is 9.10. The van der Waals surface area contributed by atoms with Gasteiger partial charge in [-0.25, -0.2) is 0 Å². The van der Waals surface area contributed by atoms with Crippen molar-refractivity contribution in [2.75, 3.05) is 31.5 Å². The Morgan fingerprint density at radius 3 is 2.46 bits per heavy atom. The summed E-state index contributed by atoms with van der Waals surface area (Å²) in [6, 6.07) is 10.5. The van der Waals surface area contributed by atoms with Crippen LogP contribution in [0.15, 0.2) is 45.5 Å². The first-order valence-electron chi connectivity index (χ1n) is 7.76. The Labute approximate surface area is 148 Å². The molecule has 0 aliphatic carbocycles. The van der Waals surface area contributed by atoms with Crippen LogP contribution in [0.1, 0.15) is 16.1 Å². The van der Waals surface area contributed by atoms with Gasteiger partial charge < -0.3 is 20.0 Å². The minimum atomic E-state index is -0.314. The molecular formula is C17H18BrN3O3. The summed E-state index contributed by atoms with van der Waals surface area (Å²) in [7, 11) is 0. The number of carbonyl (C=O) groups is 2. The lowest BCUT2D eigenvalue weighted by molar-refractivity contribution is -0.131. The van der Waals surface area contributed by atoms with E-state index in [1.165, 1.54) is 0 Å². The first-order valence-corrected chi connectivity index (χ1v) is 8.55. The highest BCUT2D eigenvalue weighted by Crippen LogP contribution is 2.17. The van der Waals surface area contributed by atoms with E-state index in [1.54, 1.807) is 24.3 Å². The fraction of sp³-hybridized carbons (Fsp3) is 0.294. The molecule has 126 valence electrons. The second-order valence-electron chi connectivity index (χ2n) is 5.56. The van der Waals surface area contributed by atoms with Crippen molar-refractivity contribution in [1.82, 2.24) is 10.2 Å². The molecule has 0 saturated carbocycles. The topological polar surface area (TPSA) is 74.6 Å². The number of hydrogen-bond acceptors (Lipinski definition) is 4. The minimum Gasteiger partial charge on any atom is -0.444 e. The van der Waals surface area contributed by atoms with Crippen LogP contribution in [0.3, 0.4) is 0 Å². The molecule has 0 radical (unpaired) electrons. The van der Waals surface area contributed by atoms with E-state index in [1.807, 2.05) is 17.0 Å². The fourth-order valence-electron chi connectivity index (χ4n) is 2.54. The minimum absolute atomic E-state index is 0.133. The van der Waals surface area contributed by atoms with E-state index in [0.29, 0.717) is 16.8 Å². The molecule has 3 rings (SSSR count). The molecular weight excluding hydrogens is 374 g/mol. The predicted octanol–water partition coefficient (Wildman–Crippen LogP) is 2.27. The zero-order valence-corrected chi connectivity index (χ0v) is 14.6. The average molecular weight is 392 g/mol. The number of furan rings is 1. The van der Waals surface area contributed by atoms with E-state index in [9.17, 15) is 9.59 Å². The molecule has 1 aliphatic rings. The molecule has 1 aromatic heterocycles. The number of amides is 2. The van der Waals surface area contributed by atoms with Crippen LogP contribution in [0.5, 0.6) is 0 Å². The van der Waals surface area contributed by atoms with Gasteiger partial charge in [0.25, 0.3) is 5.91 Å². The van der Waals surface area contributed by atoms with Crippen molar-refractivity contribution in [3.63, 3.8) is 0 Å². The Morgan fingerprint density at radius 2 is 1.83 bits per heavy atom. The standard InChI is InChI=1S/C17H18BrN3O3/c18-15-6-5-14(24-15)17(23)20-13-3-1-12(2-4-13)11-16(22)21-9-7-19-8-10-21/h1-6,19H,7-11H2,(H,20,23). The third-order valence-electron chi connectivity index (χ3n) is 3.83. The Morgan fingerprint density at radius 1 is 1.12 bits per heavy atom. The normalized spacial score (nSPS) is 14.5. The van der Waals surface area contributed by atoms with Crippen molar-refractivity contribution < 1.29 is 14.0 Å². The van der Waals surface area contributed by atoms with Gasteiger partial charge in [-0.1, -0.05) is 12.1 Å². The van der Waals surface area contributed by atoms with Crippen LogP contribution in [-0.4, -0.2) is 42.9 Å². The molecule has 0 atom stereocenters. The van der Waals surface area contributed by atoms with Gasteiger partial charge >= 0.3 is 0 Å². The molecule has 0 spiro atoms. The van der Waals surface area contributed by atoms with Crippen molar-refractivity contribution in [1.29, 1.82) is 0 Å². The summed E-state index contributed by atoms with van der Waals surface area (Å²) in [5, 5.41) is 5.99. The van der Waals surface area contributed by atoms with Gasteiger partial charge in [0.1, 0.15) is 0 Å². The number of halogens is 1. The summed E-state index contributed by atoms with van der Waals surface area (Å²) in [5.41, 5.74) is 1.59. The molecule has 0 bridgehead atoms. The second kappa shape index (κ2) is 7.63. The lowest BCUT2D eigenvalue weighted by Gasteiger charge is -2.27. The zero-order chi connectivity index (χ0) is 16.9. The van der Waals surface area contributed by atoms with Gasteiger partial charge in [-0.05, 0) is 45.8 Å². The molecule has 1 aliphatic heterocycles. The molecule has 6 nitrogen and oxygen atoms in total. The van der Waals surface area contributed by atoms with Gasteiger partial charge in [0.05, 0.1) is 6.42 Å². The van der Waals surface area contributed by atoms with E-state index in [2.05, 4.69) is 26.6 Å². The number of hydrogen-bond donors (Lipinski definition) is 2. The van der Waals surface area contributed by atoms with Crippen LogP contribution in [0.25, 0.3) is 0 Å². The van der Waals surface area contributed by atoms with Crippen LogP contribution in [-0.2, 0) is 11.2 Å². The van der Waals surface area contributed by atoms with Crippen molar-refractivity contribution in [3.8, 4) is 0 Å². The molecule has 1 fully saturated rings. The van der Waals surface area contributed by atoms with E-state index in [-0.39, 0.29) is 17.6 Å². The van der Waals surface area contributed by atoms with Crippen LogP contribution < -0.4 is 10.6 Å². The molecule has 2 N–H and O–H groups in total. The molecule has 2 aromatic rings. The summed E-state index contributed by atoms with van der Waals surface area (Å²) in [6.07, 6.45) is 0.374.